The minimum Gasteiger partial charge on any atom is -0.373 e. The molecule has 1 amide bonds. The molecule has 2 saturated heterocycles. The Morgan fingerprint density at radius 3 is 2.59 bits per heavy atom. The fourth-order valence-electron chi connectivity index (χ4n) is 3.65. The van der Waals surface area contributed by atoms with Gasteiger partial charge >= 0.3 is 0 Å². The molecule has 0 aliphatic carbocycles. The number of aromatic nitrogens is 1. The molecular formula is C17H30Cl2N4O3S. The van der Waals surface area contributed by atoms with Crippen molar-refractivity contribution >= 4 is 47.2 Å². The second-order valence-electron chi connectivity index (χ2n) is 7.00. The van der Waals surface area contributed by atoms with Crippen LogP contribution in [-0.4, -0.2) is 66.9 Å². The van der Waals surface area contributed by atoms with Gasteiger partial charge in [0, 0.05) is 32.1 Å². The van der Waals surface area contributed by atoms with Crippen LogP contribution in [0.3, 0.4) is 0 Å². The molecule has 2 N–H and O–H groups in total. The van der Waals surface area contributed by atoms with Gasteiger partial charge in [-0.05, 0) is 39.8 Å². The lowest BCUT2D eigenvalue weighted by Gasteiger charge is -2.34. The number of ether oxygens (including phenoxy) is 2. The molecular weight excluding hydrogens is 411 g/mol. The van der Waals surface area contributed by atoms with Crippen LogP contribution in [0.1, 0.15) is 32.4 Å². The second kappa shape index (κ2) is 10.9. The molecule has 3 rings (SSSR count). The number of thiazole rings is 1. The number of halogens is 2. The van der Waals surface area contributed by atoms with Crippen LogP contribution >= 0.6 is 36.2 Å². The third-order valence-electron chi connectivity index (χ3n) is 4.87. The standard InChI is InChI=1S/C17H28N4O3S.2ClH/c1-12-8-21(9-13(2)24-12)10-14-11-25-16(19-14)20-15(22)17(23-3)4-6-18-7-5-17;;/h11-13,18H,4-10H2,1-3H3,(H,19,20,22);2*1H. The lowest BCUT2D eigenvalue weighted by atomic mass is 9.91. The zero-order chi connectivity index (χ0) is 17.9. The van der Waals surface area contributed by atoms with Crippen molar-refractivity contribution < 1.29 is 14.3 Å². The van der Waals surface area contributed by atoms with Crippen molar-refractivity contribution in [3.63, 3.8) is 0 Å². The van der Waals surface area contributed by atoms with Gasteiger partial charge in [0.25, 0.3) is 5.91 Å². The smallest absolute Gasteiger partial charge is 0.258 e. The molecule has 0 spiro atoms. The maximum atomic E-state index is 12.7. The van der Waals surface area contributed by atoms with E-state index in [-0.39, 0.29) is 42.9 Å². The van der Waals surface area contributed by atoms with E-state index < -0.39 is 5.60 Å². The Balaban J connectivity index is 0.00000182. The highest BCUT2D eigenvalue weighted by Gasteiger charge is 2.40. The average Bonchev–Trinajstić information content (AvgIpc) is 3.01. The maximum Gasteiger partial charge on any atom is 0.258 e. The monoisotopic (exact) mass is 440 g/mol. The number of nitrogens with one attached hydrogen (secondary N) is 2. The van der Waals surface area contributed by atoms with Gasteiger partial charge in [-0.3, -0.25) is 15.0 Å². The summed E-state index contributed by atoms with van der Waals surface area (Å²) in [6, 6.07) is 0. The minimum absolute atomic E-state index is 0. The van der Waals surface area contributed by atoms with Crippen LogP contribution < -0.4 is 10.6 Å². The number of nitrogens with zero attached hydrogens (tertiary/aromatic N) is 2. The zero-order valence-corrected chi connectivity index (χ0v) is 18.5. The lowest BCUT2D eigenvalue weighted by Crippen LogP contribution is -2.51. The second-order valence-corrected chi connectivity index (χ2v) is 7.86. The number of hydrogen-bond donors (Lipinski definition) is 2. The summed E-state index contributed by atoms with van der Waals surface area (Å²) < 4.78 is 11.3. The van der Waals surface area contributed by atoms with Crippen molar-refractivity contribution in [2.75, 3.05) is 38.6 Å². The van der Waals surface area contributed by atoms with Gasteiger partial charge in [-0.15, -0.1) is 36.2 Å². The first-order chi connectivity index (χ1) is 12.0. The average molecular weight is 441 g/mol. The van der Waals surface area contributed by atoms with Crippen LogP contribution in [-0.2, 0) is 20.8 Å². The van der Waals surface area contributed by atoms with Crippen molar-refractivity contribution in [3.05, 3.63) is 11.1 Å². The molecule has 27 heavy (non-hydrogen) atoms. The minimum atomic E-state index is -0.744. The van der Waals surface area contributed by atoms with Gasteiger partial charge in [-0.2, -0.15) is 0 Å². The van der Waals surface area contributed by atoms with Crippen LogP contribution in [0.4, 0.5) is 5.13 Å². The number of piperidine rings is 1. The lowest BCUT2D eigenvalue weighted by molar-refractivity contribution is -0.140. The van der Waals surface area contributed by atoms with Crippen LogP contribution in [0.25, 0.3) is 0 Å². The van der Waals surface area contributed by atoms with Crippen molar-refractivity contribution in [3.8, 4) is 0 Å². The van der Waals surface area contributed by atoms with Crippen molar-refractivity contribution in [1.82, 2.24) is 15.2 Å². The molecule has 2 fully saturated rings. The first kappa shape index (κ1) is 24.6. The SMILES string of the molecule is COC1(C(=O)Nc2nc(CN3CC(C)OC(C)C3)cs2)CCNCC1.Cl.Cl. The van der Waals surface area contributed by atoms with E-state index in [1.807, 2.05) is 5.38 Å². The van der Waals surface area contributed by atoms with E-state index in [4.69, 9.17) is 9.47 Å². The first-order valence-corrected chi connectivity index (χ1v) is 9.78. The number of carbonyl (C=O) groups excluding carboxylic acids is 1. The van der Waals surface area contributed by atoms with Gasteiger partial charge in [-0.25, -0.2) is 4.98 Å². The number of carbonyl (C=O) groups is 1. The Hall–Kier alpha value is -0.480. The Morgan fingerprint density at radius 1 is 1.37 bits per heavy atom. The molecule has 0 radical (unpaired) electrons. The molecule has 0 saturated carbocycles. The summed E-state index contributed by atoms with van der Waals surface area (Å²) in [4.78, 5) is 19.6. The molecule has 0 aromatic carbocycles. The summed E-state index contributed by atoms with van der Waals surface area (Å²) in [5, 5.41) is 8.87. The normalized spacial score (nSPS) is 25.1. The van der Waals surface area contributed by atoms with E-state index in [2.05, 4.69) is 34.4 Å². The number of morpholine rings is 1. The summed E-state index contributed by atoms with van der Waals surface area (Å²) in [6.07, 6.45) is 1.83. The number of amides is 1. The largest absolute Gasteiger partial charge is 0.373 e. The van der Waals surface area contributed by atoms with Gasteiger partial charge in [0.1, 0.15) is 5.60 Å². The molecule has 0 bridgehead atoms. The van der Waals surface area contributed by atoms with Gasteiger partial charge in [0.05, 0.1) is 17.9 Å². The quantitative estimate of drug-likeness (QED) is 0.731. The maximum absolute atomic E-state index is 12.7. The Kier molecular flexibility index (Phi) is 9.91. The predicted octanol–water partition coefficient (Wildman–Crippen LogP) is 2.30. The first-order valence-electron chi connectivity index (χ1n) is 8.90. The molecule has 10 heteroatoms. The highest BCUT2D eigenvalue weighted by Crippen LogP contribution is 2.26. The number of rotatable bonds is 5. The van der Waals surface area contributed by atoms with Crippen LogP contribution in [0.5, 0.6) is 0 Å². The highest BCUT2D eigenvalue weighted by atomic mass is 35.5. The molecule has 2 atom stereocenters. The molecule has 1 aromatic rings. The van der Waals surface area contributed by atoms with Gasteiger partial charge in [-0.1, -0.05) is 0 Å². The summed E-state index contributed by atoms with van der Waals surface area (Å²) >= 11 is 1.47. The Morgan fingerprint density at radius 2 is 2.00 bits per heavy atom. The van der Waals surface area contributed by atoms with Crippen molar-refractivity contribution in [2.24, 2.45) is 0 Å². The third kappa shape index (κ3) is 6.25. The highest BCUT2D eigenvalue weighted by molar-refractivity contribution is 7.13. The molecule has 2 unspecified atom stereocenters. The predicted molar refractivity (Wildman–Crippen MR) is 112 cm³/mol. The van der Waals surface area contributed by atoms with Gasteiger partial charge < -0.3 is 14.8 Å². The number of anilines is 1. The number of hydrogen-bond acceptors (Lipinski definition) is 7. The van der Waals surface area contributed by atoms with Crippen LogP contribution in [0.15, 0.2) is 5.38 Å². The van der Waals surface area contributed by atoms with E-state index >= 15 is 0 Å². The fraction of sp³-hybridized carbons (Fsp3) is 0.765. The third-order valence-corrected chi connectivity index (χ3v) is 5.68. The number of methoxy groups -OCH3 is 1. The summed E-state index contributed by atoms with van der Waals surface area (Å²) in [5.74, 6) is -0.0917. The zero-order valence-electron chi connectivity index (χ0n) is 16.0. The Labute approximate surface area is 177 Å². The molecule has 156 valence electrons. The summed E-state index contributed by atoms with van der Waals surface area (Å²) in [6.45, 7) is 8.36. The van der Waals surface area contributed by atoms with E-state index in [0.29, 0.717) is 18.0 Å². The van der Waals surface area contributed by atoms with Crippen molar-refractivity contribution in [2.45, 2.75) is 51.0 Å². The molecule has 3 heterocycles. The Bertz CT molecular complexity index is 588. The van der Waals surface area contributed by atoms with Crippen LogP contribution in [0, 0.1) is 0 Å². The topological polar surface area (TPSA) is 75.7 Å². The summed E-state index contributed by atoms with van der Waals surface area (Å²) in [5.41, 5.74) is 0.241. The van der Waals surface area contributed by atoms with Crippen molar-refractivity contribution in [1.29, 1.82) is 0 Å². The molecule has 7 nitrogen and oxygen atoms in total. The van der Waals surface area contributed by atoms with E-state index in [0.717, 1.165) is 38.4 Å². The fourth-order valence-corrected chi connectivity index (χ4v) is 4.34. The van der Waals surface area contributed by atoms with E-state index in [1.54, 1.807) is 7.11 Å². The van der Waals surface area contributed by atoms with Gasteiger partial charge in [0.2, 0.25) is 0 Å². The summed E-state index contributed by atoms with van der Waals surface area (Å²) in [7, 11) is 1.61. The molecule has 2 aliphatic heterocycles. The van der Waals surface area contributed by atoms with Gasteiger partial charge in [0.15, 0.2) is 5.13 Å². The van der Waals surface area contributed by atoms with Crippen LogP contribution in [0.2, 0.25) is 0 Å². The molecule has 1 aromatic heterocycles. The van der Waals surface area contributed by atoms with E-state index in [1.165, 1.54) is 11.3 Å². The molecule has 2 aliphatic rings. The van der Waals surface area contributed by atoms with E-state index in [9.17, 15) is 4.79 Å².